The monoisotopic (exact) mass is 307 g/mol. The number of nitrogens with one attached hydrogen (secondary N) is 1. The van der Waals surface area contributed by atoms with Crippen molar-refractivity contribution in [2.45, 2.75) is 45.1 Å². The Kier molecular flexibility index (Phi) is 6.95. The lowest BCUT2D eigenvalue weighted by atomic mass is 10.0. The van der Waals surface area contributed by atoms with Crippen LogP contribution in [0.5, 0.6) is 5.75 Å². The smallest absolute Gasteiger partial charge is 0.340 e. The highest BCUT2D eigenvalue weighted by Crippen LogP contribution is 2.30. The number of benzene rings is 1. The van der Waals surface area contributed by atoms with E-state index in [0.717, 1.165) is 19.4 Å². The first-order valence-corrected chi connectivity index (χ1v) is 7.03. The van der Waals surface area contributed by atoms with Crippen molar-refractivity contribution in [3.8, 4) is 5.75 Å². The number of rotatable bonds is 9. The average Bonchev–Trinajstić information content (AvgIpc) is 2.47. The zero-order chi connectivity index (χ0) is 15.9. The summed E-state index contributed by atoms with van der Waals surface area (Å²) in [5.41, 5.74) is 0.707. The standard InChI is InChI=1S/C15H21F4NO/c1-3-9-20-12(4-2)11-7-5-6-8-13(11)21-10-15(18,19)14(16)17/h5-8,12,14,20H,3-4,9-10H2,1-2H3. The van der Waals surface area contributed by atoms with E-state index in [-0.39, 0.29) is 11.8 Å². The first kappa shape index (κ1) is 17.8. The number of ether oxygens (including phenoxy) is 1. The van der Waals surface area contributed by atoms with Crippen LogP contribution in [0.25, 0.3) is 0 Å². The molecule has 0 saturated carbocycles. The highest BCUT2D eigenvalue weighted by Gasteiger charge is 2.41. The van der Waals surface area contributed by atoms with Crippen LogP contribution in [0.3, 0.4) is 0 Å². The van der Waals surface area contributed by atoms with E-state index in [1.807, 2.05) is 13.8 Å². The van der Waals surface area contributed by atoms with E-state index in [0.29, 0.717) is 5.56 Å². The Labute approximate surface area is 122 Å². The second kappa shape index (κ2) is 8.22. The predicted octanol–water partition coefficient (Wildman–Crippen LogP) is 4.42. The van der Waals surface area contributed by atoms with Gasteiger partial charge in [-0.25, -0.2) is 8.78 Å². The molecule has 0 aliphatic heterocycles. The van der Waals surface area contributed by atoms with Crippen LogP contribution >= 0.6 is 0 Å². The Morgan fingerprint density at radius 3 is 2.43 bits per heavy atom. The van der Waals surface area contributed by atoms with Gasteiger partial charge >= 0.3 is 12.3 Å². The Morgan fingerprint density at radius 2 is 1.86 bits per heavy atom. The quantitative estimate of drug-likeness (QED) is 0.682. The van der Waals surface area contributed by atoms with Crippen LogP contribution in [0.4, 0.5) is 17.6 Å². The van der Waals surface area contributed by atoms with Gasteiger partial charge in [-0.05, 0) is 25.5 Å². The van der Waals surface area contributed by atoms with Crippen LogP contribution < -0.4 is 10.1 Å². The topological polar surface area (TPSA) is 21.3 Å². The molecular formula is C15H21F4NO. The normalized spacial score (nSPS) is 13.5. The third kappa shape index (κ3) is 5.19. The van der Waals surface area contributed by atoms with E-state index >= 15 is 0 Å². The third-order valence-electron chi connectivity index (χ3n) is 3.08. The van der Waals surface area contributed by atoms with Gasteiger partial charge in [0.15, 0.2) is 6.61 Å². The Bertz CT molecular complexity index is 426. The van der Waals surface area contributed by atoms with Crippen LogP contribution in [0.2, 0.25) is 0 Å². The molecule has 1 atom stereocenters. The van der Waals surface area contributed by atoms with E-state index in [2.05, 4.69) is 5.32 Å². The molecule has 21 heavy (non-hydrogen) atoms. The van der Waals surface area contributed by atoms with Crippen LogP contribution in [0.15, 0.2) is 24.3 Å². The maximum absolute atomic E-state index is 13.0. The summed E-state index contributed by atoms with van der Waals surface area (Å²) < 4.78 is 55.2. The molecule has 0 bridgehead atoms. The summed E-state index contributed by atoms with van der Waals surface area (Å²) >= 11 is 0. The van der Waals surface area contributed by atoms with E-state index < -0.39 is 19.0 Å². The van der Waals surface area contributed by atoms with Crippen LogP contribution in [0, 0.1) is 0 Å². The van der Waals surface area contributed by atoms with Crippen molar-refractivity contribution in [3.63, 3.8) is 0 Å². The molecule has 0 heterocycles. The SMILES string of the molecule is CCCNC(CC)c1ccccc1OCC(F)(F)C(F)F. The molecule has 120 valence electrons. The summed E-state index contributed by atoms with van der Waals surface area (Å²) in [6.07, 6.45) is -2.06. The lowest BCUT2D eigenvalue weighted by Crippen LogP contribution is -2.34. The fraction of sp³-hybridized carbons (Fsp3) is 0.600. The van der Waals surface area contributed by atoms with Crippen molar-refractivity contribution >= 4 is 0 Å². The fourth-order valence-electron chi connectivity index (χ4n) is 1.93. The number of para-hydroxylation sites is 1. The number of alkyl halides is 4. The van der Waals surface area contributed by atoms with Crippen molar-refractivity contribution in [1.29, 1.82) is 0 Å². The number of halogens is 4. The van der Waals surface area contributed by atoms with Crippen molar-refractivity contribution < 1.29 is 22.3 Å². The van der Waals surface area contributed by atoms with Gasteiger partial charge in [0.25, 0.3) is 0 Å². The average molecular weight is 307 g/mol. The maximum atomic E-state index is 13.0. The minimum absolute atomic E-state index is 0.0543. The number of hydrogen-bond acceptors (Lipinski definition) is 2. The van der Waals surface area contributed by atoms with Crippen LogP contribution in [0.1, 0.15) is 38.3 Å². The summed E-state index contributed by atoms with van der Waals surface area (Å²) in [4.78, 5) is 0. The first-order chi connectivity index (χ1) is 9.92. The molecule has 0 radical (unpaired) electrons. The molecule has 1 N–H and O–H groups in total. The van der Waals surface area contributed by atoms with E-state index in [1.54, 1.807) is 18.2 Å². The molecule has 2 nitrogen and oxygen atoms in total. The second-order valence-corrected chi connectivity index (χ2v) is 4.80. The van der Waals surface area contributed by atoms with Gasteiger partial charge in [-0.15, -0.1) is 0 Å². The lowest BCUT2D eigenvalue weighted by molar-refractivity contribution is -0.148. The van der Waals surface area contributed by atoms with Crippen LogP contribution in [-0.2, 0) is 0 Å². The van der Waals surface area contributed by atoms with Crippen LogP contribution in [-0.4, -0.2) is 25.5 Å². The van der Waals surface area contributed by atoms with Gasteiger partial charge in [0.05, 0.1) is 0 Å². The van der Waals surface area contributed by atoms with Gasteiger partial charge in [0, 0.05) is 11.6 Å². The molecule has 1 aromatic rings. The maximum Gasteiger partial charge on any atom is 0.340 e. The Hall–Kier alpha value is -1.30. The van der Waals surface area contributed by atoms with Crippen molar-refractivity contribution in [1.82, 2.24) is 5.32 Å². The van der Waals surface area contributed by atoms with Gasteiger partial charge in [0.1, 0.15) is 5.75 Å². The molecule has 0 aromatic heterocycles. The first-order valence-electron chi connectivity index (χ1n) is 7.03. The van der Waals surface area contributed by atoms with Gasteiger partial charge in [0.2, 0.25) is 0 Å². The van der Waals surface area contributed by atoms with Crippen molar-refractivity contribution in [2.75, 3.05) is 13.2 Å². The molecule has 0 saturated heterocycles. The molecule has 0 amide bonds. The zero-order valence-electron chi connectivity index (χ0n) is 12.2. The molecule has 0 aliphatic carbocycles. The zero-order valence-corrected chi connectivity index (χ0v) is 12.2. The van der Waals surface area contributed by atoms with E-state index in [9.17, 15) is 17.6 Å². The number of hydrogen-bond donors (Lipinski definition) is 1. The Balaban J connectivity index is 2.83. The molecule has 6 heteroatoms. The Morgan fingerprint density at radius 1 is 1.19 bits per heavy atom. The molecule has 1 aromatic carbocycles. The van der Waals surface area contributed by atoms with Gasteiger partial charge in [-0.2, -0.15) is 8.78 Å². The van der Waals surface area contributed by atoms with Crippen molar-refractivity contribution in [3.05, 3.63) is 29.8 Å². The molecular weight excluding hydrogens is 286 g/mol. The van der Waals surface area contributed by atoms with Gasteiger partial charge < -0.3 is 10.1 Å². The molecule has 1 unspecified atom stereocenters. The predicted molar refractivity (Wildman–Crippen MR) is 74.2 cm³/mol. The molecule has 0 fully saturated rings. The summed E-state index contributed by atoms with van der Waals surface area (Å²) in [6.45, 7) is 3.43. The van der Waals surface area contributed by atoms with Gasteiger partial charge in [-0.3, -0.25) is 0 Å². The van der Waals surface area contributed by atoms with Crippen molar-refractivity contribution in [2.24, 2.45) is 0 Å². The lowest BCUT2D eigenvalue weighted by Gasteiger charge is -2.22. The van der Waals surface area contributed by atoms with E-state index in [1.165, 1.54) is 6.07 Å². The minimum Gasteiger partial charge on any atom is -0.487 e. The summed E-state index contributed by atoms with van der Waals surface area (Å²) in [5, 5.41) is 3.28. The fourth-order valence-corrected chi connectivity index (χ4v) is 1.93. The largest absolute Gasteiger partial charge is 0.487 e. The summed E-state index contributed by atoms with van der Waals surface area (Å²) in [7, 11) is 0. The third-order valence-corrected chi connectivity index (χ3v) is 3.08. The molecule has 0 aliphatic rings. The summed E-state index contributed by atoms with van der Waals surface area (Å²) in [6, 6.07) is 6.62. The van der Waals surface area contributed by atoms with Gasteiger partial charge in [-0.1, -0.05) is 32.0 Å². The minimum atomic E-state index is -4.15. The second-order valence-electron chi connectivity index (χ2n) is 4.80. The highest BCUT2D eigenvalue weighted by molar-refractivity contribution is 5.36. The molecule has 0 spiro atoms. The van der Waals surface area contributed by atoms with E-state index in [4.69, 9.17) is 4.74 Å². The summed E-state index contributed by atoms with van der Waals surface area (Å²) in [5.74, 6) is -3.93. The molecule has 1 rings (SSSR count). The highest BCUT2D eigenvalue weighted by atomic mass is 19.3.